The molecule has 0 spiro atoms. The molecule has 2 fully saturated rings. The van der Waals surface area contributed by atoms with E-state index in [2.05, 4.69) is 26.9 Å². The minimum absolute atomic E-state index is 0.653. The first kappa shape index (κ1) is 11.3. The van der Waals surface area contributed by atoms with Crippen LogP contribution in [0.5, 0.6) is 0 Å². The van der Waals surface area contributed by atoms with Gasteiger partial charge < -0.3 is 14.1 Å². The van der Waals surface area contributed by atoms with Crippen molar-refractivity contribution in [1.29, 1.82) is 0 Å². The predicted octanol–water partition coefficient (Wildman–Crippen LogP) is 1.35. The Bertz CT molecular complexity index is 571. The van der Waals surface area contributed by atoms with Gasteiger partial charge in [0.05, 0.1) is 19.3 Å². The van der Waals surface area contributed by atoms with E-state index in [1.807, 2.05) is 6.07 Å². The third-order valence-electron chi connectivity index (χ3n) is 4.13. The Morgan fingerprint density at radius 2 is 1.95 bits per heavy atom. The summed E-state index contributed by atoms with van der Waals surface area (Å²) in [5.74, 6) is 0. The molecule has 100 valence electrons. The number of hydrogen-bond acceptors (Lipinski definition) is 5. The molecule has 19 heavy (non-hydrogen) atoms. The molecular formula is C14H17N3O2. The minimum Gasteiger partial charge on any atom is -0.443 e. The molecule has 0 bridgehead atoms. The van der Waals surface area contributed by atoms with Crippen molar-refractivity contribution in [3.63, 3.8) is 0 Å². The van der Waals surface area contributed by atoms with Crippen molar-refractivity contribution >= 4 is 16.8 Å². The Morgan fingerprint density at radius 1 is 1.11 bits per heavy atom. The van der Waals surface area contributed by atoms with Crippen LogP contribution in [0.25, 0.3) is 11.1 Å². The molecule has 2 saturated heterocycles. The molecule has 0 saturated carbocycles. The van der Waals surface area contributed by atoms with E-state index in [4.69, 9.17) is 9.15 Å². The molecule has 1 aromatic carbocycles. The second-order valence-corrected chi connectivity index (χ2v) is 5.22. The number of benzene rings is 1. The van der Waals surface area contributed by atoms with Crippen molar-refractivity contribution in [3.8, 4) is 0 Å². The summed E-state index contributed by atoms with van der Waals surface area (Å²) in [7, 11) is 0. The third kappa shape index (κ3) is 1.99. The fourth-order valence-corrected chi connectivity index (χ4v) is 2.82. The second-order valence-electron chi connectivity index (χ2n) is 5.22. The van der Waals surface area contributed by atoms with Crippen LogP contribution in [-0.2, 0) is 4.74 Å². The smallest absolute Gasteiger partial charge is 0.181 e. The summed E-state index contributed by atoms with van der Waals surface area (Å²) in [6.45, 7) is 6.19. The summed E-state index contributed by atoms with van der Waals surface area (Å²) in [4.78, 5) is 9.18. The van der Waals surface area contributed by atoms with Crippen molar-refractivity contribution in [2.24, 2.45) is 0 Å². The first-order valence-corrected chi connectivity index (χ1v) is 6.80. The molecule has 2 aliphatic rings. The second kappa shape index (κ2) is 4.51. The highest BCUT2D eigenvalue weighted by atomic mass is 16.5. The first-order valence-electron chi connectivity index (χ1n) is 6.80. The van der Waals surface area contributed by atoms with Crippen molar-refractivity contribution in [2.45, 2.75) is 6.04 Å². The van der Waals surface area contributed by atoms with E-state index < -0.39 is 0 Å². The average molecular weight is 259 g/mol. The maximum Gasteiger partial charge on any atom is 0.181 e. The standard InChI is InChI=1S/C14H17N3O2/c1-2-14-13(15-10-19-14)7-11(1)16-3-5-17(6-4-16)12-8-18-9-12/h1-2,7,10,12H,3-6,8-9H2. The van der Waals surface area contributed by atoms with Gasteiger partial charge in [0, 0.05) is 31.9 Å². The van der Waals surface area contributed by atoms with Crippen molar-refractivity contribution in [2.75, 3.05) is 44.3 Å². The van der Waals surface area contributed by atoms with Gasteiger partial charge in [-0.15, -0.1) is 0 Å². The summed E-state index contributed by atoms with van der Waals surface area (Å²) >= 11 is 0. The molecule has 0 unspecified atom stereocenters. The summed E-state index contributed by atoms with van der Waals surface area (Å²) in [5, 5.41) is 0. The fourth-order valence-electron chi connectivity index (χ4n) is 2.82. The van der Waals surface area contributed by atoms with Crippen LogP contribution in [0, 0.1) is 0 Å². The van der Waals surface area contributed by atoms with E-state index in [9.17, 15) is 0 Å². The third-order valence-corrected chi connectivity index (χ3v) is 4.13. The van der Waals surface area contributed by atoms with Crippen LogP contribution in [0.4, 0.5) is 5.69 Å². The number of oxazole rings is 1. The Kier molecular flexibility index (Phi) is 2.67. The zero-order chi connectivity index (χ0) is 12.7. The first-order chi connectivity index (χ1) is 9.40. The van der Waals surface area contributed by atoms with Gasteiger partial charge in [0.15, 0.2) is 12.0 Å². The Hall–Kier alpha value is -1.59. The molecule has 4 rings (SSSR count). The normalized spacial score (nSPS) is 21.8. The topological polar surface area (TPSA) is 41.7 Å². The molecule has 3 heterocycles. The monoisotopic (exact) mass is 259 g/mol. The highest BCUT2D eigenvalue weighted by Crippen LogP contribution is 2.23. The molecule has 5 nitrogen and oxygen atoms in total. The molecule has 5 heteroatoms. The number of anilines is 1. The predicted molar refractivity (Wildman–Crippen MR) is 72.4 cm³/mol. The zero-order valence-electron chi connectivity index (χ0n) is 10.8. The molecule has 1 aromatic heterocycles. The minimum atomic E-state index is 0.653. The largest absolute Gasteiger partial charge is 0.443 e. The lowest BCUT2D eigenvalue weighted by Gasteiger charge is -2.43. The van der Waals surface area contributed by atoms with Crippen LogP contribution in [0.2, 0.25) is 0 Å². The maximum atomic E-state index is 5.28. The number of ether oxygens (including phenoxy) is 1. The van der Waals surface area contributed by atoms with Gasteiger partial charge in [-0.2, -0.15) is 0 Å². The lowest BCUT2D eigenvalue weighted by atomic mass is 10.1. The zero-order valence-corrected chi connectivity index (χ0v) is 10.8. The number of hydrogen-bond donors (Lipinski definition) is 0. The summed E-state index contributed by atoms with van der Waals surface area (Å²) < 4.78 is 10.5. The Labute approximate surface area is 111 Å². The summed E-state index contributed by atoms with van der Waals surface area (Å²) in [6.07, 6.45) is 1.50. The van der Waals surface area contributed by atoms with Crippen LogP contribution in [0.1, 0.15) is 0 Å². The van der Waals surface area contributed by atoms with Crippen molar-refractivity contribution < 1.29 is 9.15 Å². The number of piperazine rings is 1. The van der Waals surface area contributed by atoms with E-state index in [1.54, 1.807) is 0 Å². The summed E-state index contributed by atoms with van der Waals surface area (Å²) in [5.41, 5.74) is 3.03. The van der Waals surface area contributed by atoms with E-state index in [0.29, 0.717) is 6.04 Å². The summed E-state index contributed by atoms with van der Waals surface area (Å²) in [6, 6.07) is 6.89. The Balaban J connectivity index is 1.47. The number of fused-ring (bicyclic) bond motifs is 1. The lowest BCUT2D eigenvalue weighted by Crippen LogP contribution is -2.56. The molecule has 0 radical (unpaired) electrons. The van der Waals surface area contributed by atoms with Gasteiger partial charge in [-0.05, 0) is 18.2 Å². The van der Waals surface area contributed by atoms with Crippen LogP contribution in [0.15, 0.2) is 29.0 Å². The number of rotatable bonds is 2. The number of nitrogens with zero attached hydrogens (tertiary/aromatic N) is 3. The van der Waals surface area contributed by atoms with Gasteiger partial charge >= 0.3 is 0 Å². The van der Waals surface area contributed by atoms with Gasteiger partial charge in [0.2, 0.25) is 0 Å². The SMILES string of the molecule is c1nc2cc(N3CCN(C4COC4)CC3)ccc2o1. The molecule has 0 aliphatic carbocycles. The molecule has 0 N–H and O–H groups in total. The van der Waals surface area contributed by atoms with Gasteiger partial charge in [0.1, 0.15) is 5.52 Å². The quantitative estimate of drug-likeness (QED) is 0.814. The van der Waals surface area contributed by atoms with E-state index in [1.165, 1.54) is 12.1 Å². The molecular weight excluding hydrogens is 242 g/mol. The van der Waals surface area contributed by atoms with Gasteiger partial charge in [-0.1, -0.05) is 0 Å². The fraction of sp³-hybridized carbons (Fsp3) is 0.500. The van der Waals surface area contributed by atoms with Crippen LogP contribution in [0.3, 0.4) is 0 Å². The highest BCUT2D eigenvalue weighted by molar-refractivity contribution is 5.77. The van der Waals surface area contributed by atoms with Crippen LogP contribution >= 0.6 is 0 Å². The van der Waals surface area contributed by atoms with Crippen molar-refractivity contribution in [3.05, 3.63) is 24.6 Å². The van der Waals surface area contributed by atoms with E-state index >= 15 is 0 Å². The molecule has 2 aliphatic heterocycles. The average Bonchev–Trinajstić information content (AvgIpc) is 2.85. The highest BCUT2D eigenvalue weighted by Gasteiger charge is 2.28. The van der Waals surface area contributed by atoms with Gasteiger partial charge in [-0.3, -0.25) is 4.90 Å². The van der Waals surface area contributed by atoms with Crippen LogP contribution in [-0.4, -0.2) is 55.3 Å². The van der Waals surface area contributed by atoms with Gasteiger partial charge in [0.25, 0.3) is 0 Å². The van der Waals surface area contributed by atoms with E-state index in [-0.39, 0.29) is 0 Å². The Morgan fingerprint density at radius 3 is 2.68 bits per heavy atom. The van der Waals surface area contributed by atoms with Crippen molar-refractivity contribution in [1.82, 2.24) is 9.88 Å². The van der Waals surface area contributed by atoms with E-state index in [0.717, 1.165) is 50.5 Å². The molecule has 0 amide bonds. The van der Waals surface area contributed by atoms with Crippen LogP contribution < -0.4 is 4.90 Å². The molecule has 0 atom stereocenters. The maximum absolute atomic E-state index is 5.28. The molecule has 2 aromatic rings. The van der Waals surface area contributed by atoms with Gasteiger partial charge in [-0.25, -0.2) is 4.98 Å². The number of aromatic nitrogens is 1. The lowest BCUT2D eigenvalue weighted by molar-refractivity contribution is -0.0660.